The Morgan fingerprint density at radius 3 is 2.65 bits per heavy atom. The highest BCUT2D eigenvalue weighted by Gasteiger charge is 2.12. The Hall–Kier alpha value is -1.94. The second-order valence-electron chi connectivity index (χ2n) is 3.61. The summed E-state index contributed by atoms with van der Waals surface area (Å²) in [6, 6.07) is 10.2. The van der Waals surface area contributed by atoms with Gasteiger partial charge in [-0.3, -0.25) is 10.1 Å². The van der Waals surface area contributed by atoms with Crippen LogP contribution in [0.1, 0.15) is 5.56 Å². The second kappa shape index (κ2) is 4.51. The first-order valence-corrected chi connectivity index (χ1v) is 5.33. The van der Waals surface area contributed by atoms with Crippen molar-refractivity contribution in [1.82, 2.24) is 4.98 Å². The number of halogens is 1. The van der Waals surface area contributed by atoms with Gasteiger partial charge < -0.3 is 0 Å². The third-order valence-electron chi connectivity index (χ3n) is 2.41. The molecule has 0 aliphatic carbocycles. The van der Waals surface area contributed by atoms with E-state index in [4.69, 9.17) is 11.6 Å². The molecule has 2 aromatic rings. The number of hydrogen-bond acceptors (Lipinski definition) is 3. The smallest absolute Gasteiger partial charge is 0.258 e. The first kappa shape index (κ1) is 11.5. The number of nitro groups is 1. The monoisotopic (exact) mass is 248 g/mol. The van der Waals surface area contributed by atoms with Gasteiger partial charge in [0.15, 0.2) is 0 Å². The molecule has 1 aromatic carbocycles. The molecule has 17 heavy (non-hydrogen) atoms. The van der Waals surface area contributed by atoms with E-state index in [1.165, 1.54) is 12.1 Å². The van der Waals surface area contributed by atoms with Gasteiger partial charge in [0.2, 0.25) is 0 Å². The van der Waals surface area contributed by atoms with Gasteiger partial charge in [0.25, 0.3) is 5.69 Å². The van der Waals surface area contributed by atoms with Gasteiger partial charge in [-0.25, -0.2) is 4.98 Å². The number of benzene rings is 1. The molecule has 0 aliphatic rings. The third-order valence-corrected chi connectivity index (χ3v) is 2.60. The molecule has 86 valence electrons. The number of aromatic nitrogens is 1. The van der Waals surface area contributed by atoms with Crippen LogP contribution < -0.4 is 0 Å². The highest BCUT2D eigenvalue weighted by molar-refractivity contribution is 6.29. The van der Waals surface area contributed by atoms with Crippen molar-refractivity contribution in [2.75, 3.05) is 0 Å². The van der Waals surface area contributed by atoms with E-state index < -0.39 is 4.92 Å². The first-order valence-electron chi connectivity index (χ1n) is 4.96. The largest absolute Gasteiger partial charge is 0.274 e. The first-order chi connectivity index (χ1) is 8.08. The number of hydrogen-bond donors (Lipinski definition) is 0. The van der Waals surface area contributed by atoms with E-state index >= 15 is 0 Å². The normalized spacial score (nSPS) is 10.2. The fraction of sp³-hybridized carbons (Fsp3) is 0.0833. The zero-order valence-corrected chi connectivity index (χ0v) is 9.81. The molecular formula is C12H9ClN2O2. The number of rotatable bonds is 2. The SMILES string of the molecule is Cc1ccccc1-c1cc([N+](=O)[O-])cc(Cl)n1. The van der Waals surface area contributed by atoms with Crippen LogP contribution in [-0.4, -0.2) is 9.91 Å². The van der Waals surface area contributed by atoms with Gasteiger partial charge in [-0.2, -0.15) is 0 Å². The molecule has 5 heteroatoms. The van der Waals surface area contributed by atoms with E-state index in [0.717, 1.165) is 11.1 Å². The lowest BCUT2D eigenvalue weighted by Crippen LogP contribution is -1.93. The molecule has 1 heterocycles. The summed E-state index contributed by atoms with van der Waals surface area (Å²) in [6.45, 7) is 1.92. The molecule has 4 nitrogen and oxygen atoms in total. The lowest BCUT2D eigenvalue weighted by atomic mass is 10.1. The van der Waals surface area contributed by atoms with E-state index in [1.807, 2.05) is 31.2 Å². The molecule has 0 atom stereocenters. The Morgan fingerprint density at radius 1 is 1.29 bits per heavy atom. The maximum absolute atomic E-state index is 10.7. The second-order valence-corrected chi connectivity index (χ2v) is 3.99. The van der Waals surface area contributed by atoms with Gasteiger partial charge >= 0.3 is 0 Å². The third kappa shape index (κ3) is 2.42. The zero-order valence-electron chi connectivity index (χ0n) is 9.05. The van der Waals surface area contributed by atoms with Crippen molar-refractivity contribution in [1.29, 1.82) is 0 Å². The summed E-state index contributed by atoms with van der Waals surface area (Å²) >= 11 is 5.78. The lowest BCUT2D eigenvalue weighted by molar-refractivity contribution is -0.384. The summed E-state index contributed by atoms with van der Waals surface area (Å²) in [5, 5.41) is 10.9. The molecular weight excluding hydrogens is 240 g/mol. The van der Waals surface area contributed by atoms with Crippen molar-refractivity contribution in [2.24, 2.45) is 0 Å². The lowest BCUT2D eigenvalue weighted by Gasteiger charge is -2.05. The Kier molecular flexibility index (Phi) is 3.06. The van der Waals surface area contributed by atoms with E-state index in [1.54, 1.807) is 0 Å². The Bertz CT molecular complexity index is 584. The topological polar surface area (TPSA) is 56.0 Å². The fourth-order valence-electron chi connectivity index (χ4n) is 1.59. The molecule has 0 aliphatic heterocycles. The van der Waals surface area contributed by atoms with Gasteiger partial charge in [-0.1, -0.05) is 35.9 Å². The highest BCUT2D eigenvalue weighted by Crippen LogP contribution is 2.27. The Balaban J connectivity index is 2.60. The molecule has 0 saturated carbocycles. The van der Waals surface area contributed by atoms with Gasteiger partial charge in [-0.15, -0.1) is 0 Å². The number of aryl methyl sites for hydroxylation is 1. The van der Waals surface area contributed by atoms with Crippen LogP contribution in [0.25, 0.3) is 11.3 Å². The van der Waals surface area contributed by atoms with Crippen molar-refractivity contribution in [3.05, 3.63) is 57.2 Å². The average molecular weight is 249 g/mol. The molecule has 0 bridgehead atoms. The maximum Gasteiger partial charge on any atom is 0.274 e. The standard InChI is InChI=1S/C12H9ClN2O2/c1-8-4-2-3-5-10(8)11-6-9(15(16)17)7-12(13)14-11/h2-7H,1H3. The van der Waals surface area contributed by atoms with E-state index in [0.29, 0.717) is 5.69 Å². The van der Waals surface area contributed by atoms with Crippen molar-refractivity contribution < 1.29 is 4.92 Å². The van der Waals surface area contributed by atoms with Crippen molar-refractivity contribution in [2.45, 2.75) is 6.92 Å². The summed E-state index contributed by atoms with van der Waals surface area (Å²) in [6.07, 6.45) is 0. The van der Waals surface area contributed by atoms with Crippen molar-refractivity contribution in [3.63, 3.8) is 0 Å². The summed E-state index contributed by atoms with van der Waals surface area (Å²) < 4.78 is 0. The molecule has 2 rings (SSSR count). The number of pyridine rings is 1. The minimum atomic E-state index is -0.477. The van der Waals surface area contributed by atoms with Gasteiger partial charge in [0.05, 0.1) is 16.7 Å². The molecule has 1 aromatic heterocycles. The summed E-state index contributed by atoms with van der Waals surface area (Å²) in [5.74, 6) is 0. The minimum absolute atomic E-state index is 0.0525. The van der Waals surface area contributed by atoms with Crippen LogP contribution in [0.3, 0.4) is 0 Å². The van der Waals surface area contributed by atoms with Crippen molar-refractivity contribution in [3.8, 4) is 11.3 Å². The maximum atomic E-state index is 10.7. The molecule has 0 radical (unpaired) electrons. The van der Waals surface area contributed by atoms with Crippen LogP contribution in [0.15, 0.2) is 36.4 Å². The molecule has 0 fully saturated rings. The van der Waals surface area contributed by atoms with Gasteiger partial charge in [0, 0.05) is 11.6 Å². The minimum Gasteiger partial charge on any atom is -0.258 e. The molecule has 0 unspecified atom stereocenters. The Morgan fingerprint density at radius 2 is 2.00 bits per heavy atom. The van der Waals surface area contributed by atoms with Crippen molar-refractivity contribution >= 4 is 17.3 Å². The predicted octanol–water partition coefficient (Wildman–Crippen LogP) is 3.62. The molecule has 0 amide bonds. The van der Waals surface area contributed by atoms with E-state index in [9.17, 15) is 10.1 Å². The predicted molar refractivity (Wildman–Crippen MR) is 66.1 cm³/mol. The summed E-state index contributed by atoms with van der Waals surface area (Å²) in [5.41, 5.74) is 2.31. The molecule has 0 spiro atoms. The Labute approximate surface area is 103 Å². The van der Waals surface area contributed by atoms with Gasteiger partial charge in [-0.05, 0) is 12.5 Å². The van der Waals surface area contributed by atoms with Crippen LogP contribution in [-0.2, 0) is 0 Å². The van der Waals surface area contributed by atoms with Gasteiger partial charge in [0.1, 0.15) is 5.15 Å². The van der Waals surface area contributed by atoms with Crippen LogP contribution in [0.2, 0.25) is 5.15 Å². The van der Waals surface area contributed by atoms with E-state index in [-0.39, 0.29) is 10.8 Å². The average Bonchev–Trinajstić information content (AvgIpc) is 2.28. The summed E-state index contributed by atoms with van der Waals surface area (Å²) in [4.78, 5) is 14.4. The number of nitrogens with zero attached hydrogens (tertiary/aromatic N) is 2. The van der Waals surface area contributed by atoms with E-state index in [2.05, 4.69) is 4.98 Å². The van der Waals surface area contributed by atoms with Crippen LogP contribution in [0, 0.1) is 17.0 Å². The quantitative estimate of drug-likeness (QED) is 0.463. The molecule has 0 saturated heterocycles. The zero-order chi connectivity index (χ0) is 12.4. The highest BCUT2D eigenvalue weighted by atomic mass is 35.5. The van der Waals surface area contributed by atoms with Crippen LogP contribution in [0.5, 0.6) is 0 Å². The van der Waals surface area contributed by atoms with Crippen LogP contribution >= 0.6 is 11.6 Å². The van der Waals surface area contributed by atoms with Crippen LogP contribution in [0.4, 0.5) is 5.69 Å². The summed E-state index contributed by atoms with van der Waals surface area (Å²) in [7, 11) is 0. The molecule has 0 N–H and O–H groups in total. The fourth-order valence-corrected chi connectivity index (χ4v) is 1.79.